The Kier molecular flexibility index (Phi) is 5.92. The van der Waals surface area contributed by atoms with Gasteiger partial charge < -0.3 is 10.6 Å². The van der Waals surface area contributed by atoms with Crippen LogP contribution in [0, 0.1) is 5.92 Å². The van der Waals surface area contributed by atoms with E-state index in [0.717, 1.165) is 13.0 Å². The van der Waals surface area contributed by atoms with Crippen LogP contribution in [0.3, 0.4) is 0 Å². The zero-order valence-electron chi connectivity index (χ0n) is 12.3. The zero-order chi connectivity index (χ0) is 15.7. The molecule has 0 bridgehead atoms. The number of carbonyl (C=O) groups is 1. The predicted octanol–water partition coefficient (Wildman–Crippen LogP) is 3.02. The van der Waals surface area contributed by atoms with Gasteiger partial charge in [-0.2, -0.15) is 5.10 Å². The van der Waals surface area contributed by atoms with E-state index in [1.54, 1.807) is 35.3 Å². The van der Waals surface area contributed by atoms with E-state index in [2.05, 4.69) is 5.10 Å². The van der Waals surface area contributed by atoms with Crippen LogP contribution in [0.2, 0.25) is 10.0 Å². The van der Waals surface area contributed by atoms with Crippen LogP contribution in [0.4, 0.5) is 0 Å². The first-order valence-corrected chi connectivity index (χ1v) is 7.83. The Bertz CT molecular complexity index is 704. The van der Waals surface area contributed by atoms with Crippen molar-refractivity contribution in [1.82, 2.24) is 14.7 Å². The molecule has 2 heterocycles. The standard InChI is InChI=1S/C15H16Cl2N4O.ClH/c16-12-1-2-14(13(17)5-12)21-9-11(7-19-21)15(22)20-4-3-10(6-18)8-20;/h1-2,5,7,9-10H,3-4,6,8,18H2;1H. The molecule has 1 saturated heterocycles. The number of nitrogens with two attached hydrogens (primary N) is 1. The van der Waals surface area contributed by atoms with Crippen molar-refractivity contribution < 1.29 is 4.79 Å². The van der Waals surface area contributed by atoms with Gasteiger partial charge in [-0.05, 0) is 37.1 Å². The fraction of sp³-hybridized carbons (Fsp3) is 0.333. The summed E-state index contributed by atoms with van der Waals surface area (Å²) in [5.74, 6) is 0.372. The van der Waals surface area contributed by atoms with Crippen LogP contribution >= 0.6 is 35.6 Å². The second-order valence-corrected chi connectivity index (χ2v) is 6.25. The highest BCUT2D eigenvalue weighted by Gasteiger charge is 2.26. The molecule has 1 aromatic carbocycles. The van der Waals surface area contributed by atoms with E-state index < -0.39 is 0 Å². The van der Waals surface area contributed by atoms with Gasteiger partial charge in [-0.25, -0.2) is 4.68 Å². The molecule has 1 amide bonds. The lowest BCUT2D eigenvalue weighted by molar-refractivity contribution is 0.0787. The van der Waals surface area contributed by atoms with E-state index in [4.69, 9.17) is 28.9 Å². The van der Waals surface area contributed by atoms with Gasteiger partial charge in [0.15, 0.2) is 0 Å². The van der Waals surface area contributed by atoms with Crippen molar-refractivity contribution in [1.29, 1.82) is 0 Å². The van der Waals surface area contributed by atoms with Crippen molar-refractivity contribution in [2.75, 3.05) is 19.6 Å². The lowest BCUT2D eigenvalue weighted by Crippen LogP contribution is -2.29. The molecule has 1 fully saturated rings. The molecule has 1 aliphatic heterocycles. The average molecular weight is 376 g/mol. The molecule has 1 unspecified atom stereocenters. The molecule has 0 saturated carbocycles. The lowest BCUT2D eigenvalue weighted by Gasteiger charge is -2.14. The summed E-state index contributed by atoms with van der Waals surface area (Å²) in [7, 11) is 0. The number of benzene rings is 1. The third kappa shape index (κ3) is 3.80. The number of hydrogen-bond donors (Lipinski definition) is 1. The number of carbonyl (C=O) groups excluding carboxylic acids is 1. The number of aromatic nitrogens is 2. The maximum absolute atomic E-state index is 12.5. The smallest absolute Gasteiger partial charge is 0.257 e. The van der Waals surface area contributed by atoms with Crippen LogP contribution < -0.4 is 5.73 Å². The summed E-state index contributed by atoms with van der Waals surface area (Å²) in [6.07, 6.45) is 4.20. The molecule has 0 spiro atoms. The van der Waals surface area contributed by atoms with Crippen LogP contribution in [-0.4, -0.2) is 40.2 Å². The summed E-state index contributed by atoms with van der Waals surface area (Å²) in [6.45, 7) is 2.07. The number of amides is 1. The Hall–Kier alpha value is -1.27. The van der Waals surface area contributed by atoms with Gasteiger partial charge in [0.2, 0.25) is 0 Å². The topological polar surface area (TPSA) is 64.2 Å². The van der Waals surface area contributed by atoms with Gasteiger partial charge in [0.25, 0.3) is 5.91 Å². The van der Waals surface area contributed by atoms with Gasteiger partial charge in [-0.3, -0.25) is 4.79 Å². The summed E-state index contributed by atoms with van der Waals surface area (Å²) in [6, 6.07) is 5.15. The molecule has 124 valence electrons. The van der Waals surface area contributed by atoms with E-state index in [1.807, 2.05) is 4.90 Å². The molecular formula is C15H17Cl3N4O. The monoisotopic (exact) mass is 374 g/mol. The Balaban J connectivity index is 0.00000192. The van der Waals surface area contributed by atoms with Crippen molar-refractivity contribution in [2.24, 2.45) is 11.7 Å². The van der Waals surface area contributed by atoms with E-state index in [9.17, 15) is 4.79 Å². The molecule has 2 aromatic rings. The Labute approximate surface area is 150 Å². The number of likely N-dealkylation sites (tertiary alicyclic amines) is 1. The molecule has 8 heteroatoms. The third-order valence-corrected chi connectivity index (χ3v) is 4.43. The van der Waals surface area contributed by atoms with Crippen LogP contribution in [0.15, 0.2) is 30.6 Å². The zero-order valence-corrected chi connectivity index (χ0v) is 14.6. The van der Waals surface area contributed by atoms with E-state index in [1.165, 1.54) is 0 Å². The first-order chi connectivity index (χ1) is 10.6. The fourth-order valence-electron chi connectivity index (χ4n) is 2.62. The predicted molar refractivity (Wildman–Crippen MR) is 93.9 cm³/mol. The molecule has 1 atom stereocenters. The number of rotatable bonds is 3. The highest BCUT2D eigenvalue weighted by molar-refractivity contribution is 6.35. The van der Waals surface area contributed by atoms with Gasteiger partial charge in [-0.15, -0.1) is 12.4 Å². The summed E-state index contributed by atoms with van der Waals surface area (Å²) < 4.78 is 1.59. The first-order valence-electron chi connectivity index (χ1n) is 7.08. The van der Waals surface area contributed by atoms with Gasteiger partial charge in [-0.1, -0.05) is 23.2 Å². The second kappa shape index (κ2) is 7.53. The summed E-state index contributed by atoms with van der Waals surface area (Å²) >= 11 is 12.1. The highest BCUT2D eigenvalue weighted by atomic mass is 35.5. The van der Waals surface area contributed by atoms with Gasteiger partial charge in [0.05, 0.1) is 22.5 Å². The summed E-state index contributed by atoms with van der Waals surface area (Å²) in [5, 5.41) is 5.27. The van der Waals surface area contributed by atoms with Crippen molar-refractivity contribution >= 4 is 41.5 Å². The largest absolute Gasteiger partial charge is 0.338 e. The quantitative estimate of drug-likeness (QED) is 0.897. The van der Waals surface area contributed by atoms with E-state index in [0.29, 0.717) is 40.3 Å². The van der Waals surface area contributed by atoms with Crippen LogP contribution in [0.5, 0.6) is 0 Å². The minimum absolute atomic E-state index is 0. The van der Waals surface area contributed by atoms with Gasteiger partial charge >= 0.3 is 0 Å². The SMILES string of the molecule is Cl.NCC1CCN(C(=O)c2cnn(-c3ccc(Cl)cc3Cl)c2)C1. The van der Waals surface area contributed by atoms with Crippen molar-refractivity contribution in [2.45, 2.75) is 6.42 Å². The van der Waals surface area contributed by atoms with Crippen LogP contribution in [-0.2, 0) is 0 Å². The van der Waals surface area contributed by atoms with Crippen LogP contribution in [0.25, 0.3) is 5.69 Å². The number of hydrogen-bond acceptors (Lipinski definition) is 3. The van der Waals surface area contributed by atoms with E-state index >= 15 is 0 Å². The molecule has 1 aliphatic rings. The molecule has 23 heavy (non-hydrogen) atoms. The number of halogens is 3. The fourth-order valence-corrected chi connectivity index (χ4v) is 3.12. The Morgan fingerprint density at radius 3 is 2.83 bits per heavy atom. The lowest BCUT2D eigenvalue weighted by atomic mass is 10.1. The maximum atomic E-state index is 12.5. The summed E-state index contributed by atoms with van der Waals surface area (Å²) in [4.78, 5) is 14.3. The minimum atomic E-state index is -0.0210. The maximum Gasteiger partial charge on any atom is 0.257 e. The van der Waals surface area contributed by atoms with Crippen molar-refractivity contribution in [3.63, 3.8) is 0 Å². The molecule has 1 aromatic heterocycles. The molecule has 5 nitrogen and oxygen atoms in total. The van der Waals surface area contributed by atoms with Crippen molar-refractivity contribution in [3.8, 4) is 5.69 Å². The third-order valence-electron chi connectivity index (χ3n) is 3.89. The van der Waals surface area contributed by atoms with Gasteiger partial charge in [0.1, 0.15) is 0 Å². The molecule has 0 aliphatic carbocycles. The van der Waals surface area contributed by atoms with Gasteiger partial charge in [0, 0.05) is 24.3 Å². The average Bonchev–Trinajstić information content (AvgIpc) is 3.16. The van der Waals surface area contributed by atoms with Crippen molar-refractivity contribution in [3.05, 3.63) is 46.2 Å². The molecular weight excluding hydrogens is 359 g/mol. The highest BCUT2D eigenvalue weighted by Crippen LogP contribution is 2.24. The van der Waals surface area contributed by atoms with Crippen LogP contribution in [0.1, 0.15) is 16.8 Å². The Morgan fingerprint density at radius 2 is 2.17 bits per heavy atom. The van der Waals surface area contributed by atoms with E-state index in [-0.39, 0.29) is 18.3 Å². The minimum Gasteiger partial charge on any atom is -0.338 e. The second-order valence-electron chi connectivity index (χ2n) is 5.41. The number of nitrogens with zero attached hydrogens (tertiary/aromatic N) is 3. The normalized spacial score (nSPS) is 17.2. The molecule has 3 rings (SSSR count). The molecule has 0 radical (unpaired) electrons. The summed E-state index contributed by atoms with van der Waals surface area (Å²) in [5.41, 5.74) is 6.90. The first kappa shape index (κ1) is 18.1. The Morgan fingerprint density at radius 1 is 1.39 bits per heavy atom. The molecule has 2 N–H and O–H groups in total.